The highest BCUT2D eigenvalue weighted by atomic mass is 32.2. The monoisotopic (exact) mass is 671 g/mol. The van der Waals surface area contributed by atoms with Crippen LogP contribution < -0.4 is 19.1 Å². The van der Waals surface area contributed by atoms with E-state index >= 15 is 0 Å². The second-order valence-corrected chi connectivity index (χ2v) is 13.6. The number of ketones is 1. The van der Waals surface area contributed by atoms with Crippen LogP contribution in [0.2, 0.25) is 0 Å². The topological polar surface area (TPSA) is 111 Å². The van der Waals surface area contributed by atoms with Gasteiger partial charge in [-0.05, 0) is 67.3 Å². The van der Waals surface area contributed by atoms with E-state index in [0.29, 0.717) is 52.4 Å². The first-order valence-corrected chi connectivity index (χ1v) is 17.7. The van der Waals surface area contributed by atoms with Crippen molar-refractivity contribution in [2.45, 2.75) is 68.7 Å². The van der Waals surface area contributed by atoms with E-state index in [1.54, 1.807) is 30.3 Å². The van der Waals surface area contributed by atoms with E-state index in [4.69, 9.17) is 14.2 Å². The van der Waals surface area contributed by atoms with Crippen molar-refractivity contribution in [3.05, 3.63) is 94.6 Å². The zero-order chi connectivity index (χ0) is 32.9. The Kier molecular flexibility index (Phi) is 10.1. The number of fused-ring (bicyclic) bond motifs is 1. The Morgan fingerprint density at radius 2 is 1.85 bits per heavy atom. The summed E-state index contributed by atoms with van der Waals surface area (Å²) in [6.07, 6.45) is 3.74. The van der Waals surface area contributed by atoms with Gasteiger partial charge in [0.25, 0.3) is 5.78 Å². The predicted molar refractivity (Wildman–Crippen MR) is 184 cm³/mol. The van der Waals surface area contributed by atoms with Crippen LogP contribution in [0.4, 0.5) is 5.13 Å². The van der Waals surface area contributed by atoms with Crippen LogP contribution >= 0.6 is 23.1 Å². The zero-order valence-electron chi connectivity index (χ0n) is 26.6. The SMILES string of the molecule is CCCCCOc1ccc([C@@H]2/C(=C(\O)c3ccc4c(c3)C[C@@H](C)O4)C(=O)C(=O)N2c2nnc(SCc3ccccc3)s2)cc1OCC. The number of unbranched alkanes of at least 4 members (excludes halogenated alkanes) is 2. The number of rotatable bonds is 13. The number of ether oxygens (including phenoxy) is 3. The molecule has 1 amide bonds. The molecule has 3 heterocycles. The van der Waals surface area contributed by atoms with E-state index in [9.17, 15) is 14.7 Å². The van der Waals surface area contributed by atoms with Crippen molar-refractivity contribution in [2.75, 3.05) is 18.1 Å². The van der Waals surface area contributed by atoms with Crippen LogP contribution in [0.25, 0.3) is 5.76 Å². The molecule has 6 rings (SSSR count). The Labute approximate surface area is 282 Å². The summed E-state index contributed by atoms with van der Waals surface area (Å²) in [5.74, 6) is 0.637. The van der Waals surface area contributed by atoms with Gasteiger partial charge in [0.05, 0.1) is 24.8 Å². The molecule has 0 aliphatic carbocycles. The molecule has 0 bridgehead atoms. The molecular weight excluding hydrogens is 635 g/mol. The molecule has 11 heteroatoms. The average Bonchev–Trinajstić information content (AvgIpc) is 3.77. The summed E-state index contributed by atoms with van der Waals surface area (Å²) in [7, 11) is 0. The number of Topliss-reactive ketones (excluding diaryl/α,β-unsaturated/α-hetero) is 1. The van der Waals surface area contributed by atoms with Gasteiger partial charge in [-0.3, -0.25) is 14.5 Å². The molecule has 0 unspecified atom stereocenters. The number of anilines is 1. The summed E-state index contributed by atoms with van der Waals surface area (Å²) in [6.45, 7) is 6.93. The van der Waals surface area contributed by atoms with Crippen molar-refractivity contribution in [2.24, 2.45) is 0 Å². The number of carbonyl (C=O) groups is 2. The smallest absolute Gasteiger partial charge is 0.301 e. The average molecular weight is 672 g/mol. The van der Waals surface area contributed by atoms with E-state index in [2.05, 4.69) is 17.1 Å². The summed E-state index contributed by atoms with van der Waals surface area (Å²) in [6, 6.07) is 19.7. The summed E-state index contributed by atoms with van der Waals surface area (Å²) in [5.41, 5.74) is 3.03. The number of nitrogens with zero attached hydrogens (tertiary/aromatic N) is 3. The third-order valence-electron chi connectivity index (χ3n) is 8.01. The second-order valence-electron chi connectivity index (χ2n) is 11.4. The number of hydrogen-bond donors (Lipinski definition) is 1. The molecule has 2 aliphatic rings. The van der Waals surface area contributed by atoms with Crippen LogP contribution in [0, 0.1) is 0 Å². The van der Waals surface area contributed by atoms with Crippen LogP contribution in [-0.4, -0.2) is 46.3 Å². The number of hydrogen-bond acceptors (Lipinski definition) is 10. The van der Waals surface area contributed by atoms with Crippen LogP contribution in [-0.2, 0) is 21.8 Å². The van der Waals surface area contributed by atoms with Gasteiger partial charge in [-0.1, -0.05) is 79.3 Å². The minimum absolute atomic E-state index is 0.0130. The van der Waals surface area contributed by atoms with Gasteiger partial charge in [-0.15, -0.1) is 10.2 Å². The van der Waals surface area contributed by atoms with Crippen molar-refractivity contribution in [1.29, 1.82) is 0 Å². The van der Waals surface area contributed by atoms with E-state index in [0.717, 1.165) is 36.1 Å². The first-order valence-electron chi connectivity index (χ1n) is 15.9. The molecule has 9 nitrogen and oxygen atoms in total. The molecule has 0 spiro atoms. The van der Waals surface area contributed by atoms with Crippen molar-refractivity contribution < 1.29 is 28.9 Å². The van der Waals surface area contributed by atoms with Crippen LogP contribution in [0.1, 0.15) is 68.3 Å². The lowest BCUT2D eigenvalue weighted by Crippen LogP contribution is -2.29. The molecule has 1 fully saturated rings. The van der Waals surface area contributed by atoms with Gasteiger partial charge in [0.1, 0.15) is 17.6 Å². The highest BCUT2D eigenvalue weighted by Gasteiger charge is 2.48. The molecule has 244 valence electrons. The maximum Gasteiger partial charge on any atom is 0.301 e. The fourth-order valence-electron chi connectivity index (χ4n) is 5.76. The van der Waals surface area contributed by atoms with Gasteiger partial charge in [0.2, 0.25) is 5.13 Å². The molecule has 2 aliphatic heterocycles. The molecular formula is C36H37N3O6S2. The maximum atomic E-state index is 13.8. The lowest BCUT2D eigenvalue weighted by molar-refractivity contribution is -0.132. The number of benzene rings is 3. The molecule has 1 N–H and O–H groups in total. The van der Waals surface area contributed by atoms with Crippen molar-refractivity contribution >= 4 is 45.7 Å². The Morgan fingerprint density at radius 1 is 1.02 bits per heavy atom. The first kappa shape index (κ1) is 32.6. The highest BCUT2D eigenvalue weighted by Crippen LogP contribution is 2.46. The zero-order valence-corrected chi connectivity index (χ0v) is 28.2. The summed E-state index contributed by atoms with van der Waals surface area (Å²) in [4.78, 5) is 29.0. The van der Waals surface area contributed by atoms with Gasteiger partial charge >= 0.3 is 5.91 Å². The first-order chi connectivity index (χ1) is 22.9. The standard InChI is InChI=1S/C36H37N3O6S2/c1-4-6-10-17-44-28-16-13-24(20-29(28)43-5-2)31-30(32(40)25-14-15-27-26(19-25)18-22(3)45-27)33(41)34(42)39(31)35-37-38-36(47-35)46-21-23-11-8-7-9-12-23/h7-9,11-16,19-20,22,31,40H,4-6,10,17-18,21H2,1-3H3/b32-30+/t22-,31-/m1/s1. The quantitative estimate of drug-likeness (QED) is 0.0381. The molecule has 47 heavy (non-hydrogen) atoms. The Hall–Kier alpha value is -4.35. The lowest BCUT2D eigenvalue weighted by atomic mass is 9.94. The highest BCUT2D eigenvalue weighted by molar-refractivity contribution is 8.00. The molecule has 4 aromatic rings. The third kappa shape index (κ3) is 7.01. The summed E-state index contributed by atoms with van der Waals surface area (Å²) < 4.78 is 18.5. The van der Waals surface area contributed by atoms with Crippen LogP contribution in [0.3, 0.4) is 0 Å². The number of carbonyl (C=O) groups excluding carboxylic acids is 2. The van der Waals surface area contributed by atoms with Gasteiger partial charge in [0.15, 0.2) is 15.8 Å². The van der Waals surface area contributed by atoms with Gasteiger partial charge < -0.3 is 19.3 Å². The normalized spacial score (nSPS) is 18.3. The summed E-state index contributed by atoms with van der Waals surface area (Å²) >= 11 is 2.73. The molecule has 1 saturated heterocycles. The Bertz CT molecular complexity index is 1790. The number of aromatic nitrogens is 2. The number of aliphatic hydroxyl groups is 1. The lowest BCUT2D eigenvalue weighted by Gasteiger charge is -2.23. The third-order valence-corrected chi connectivity index (χ3v) is 10.1. The van der Waals surface area contributed by atoms with E-state index < -0.39 is 17.7 Å². The number of aliphatic hydroxyl groups excluding tert-OH is 1. The van der Waals surface area contributed by atoms with Crippen molar-refractivity contribution in [1.82, 2.24) is 10.2 Å². The Morgan fingerprint density at radius 3 is 2.64 bits per heavy atom. The number of thioether (sulfide) groups is 1. The molecule has 1 aromatic heterocycles. The molecule has 0 saturated carbocycles. The summed E-state index contributed by atoms with van der Waals surface area (Å²) in [5, 5.41) is 20.7. The van der Waals surface area contributed by atoms with Gasteiger partial charge in [0, 0.05) is 17.7 Å². The van der Waals surface area contributed by atoms with Crippen LogP contribution in [0.15, 0.2) is 76.6 Å². The van der Waals surface area contributed by atoms with E-state index in [1.807, 2.05) is 50.2 Å². The fourth-order valence-corrected chi connectivity index (χ4v) is 7.59. The fraction of sp³-hybridized carbons (Fsp3) is 0.333. The predicted octanol–water partition coefficient (Wildman–Crippen LogP) is 7.75. The molecule has 0 radical (unpaired) electrons. The second kappa shape index (κ2) is 14.6. The molecule has 3 aromatic carbocycles. The molecule has 2 atom stereocenters. The van der Waals surface area contributed by atoms with Gasteiger partial charge in [-0.25, -0.2) is 0 Å². The van der Waals surface area contributed by atoms with Gasteiger partial charge in [-0.2, -0.15) is 0 Å². The van der Waals surface area contributed by atoms with Crippen molar-refractivity contribution in [3.8, 4) is 17.2 Å². The Balaban J connectivity index is 1.40. The number of amides is 1. The van der Waals surface area contributed by atoms with Crippen molar-refractivity contribution in [3.63, 3.8) is 0 Å². The van der Waals surface area contributed by atoms with Crippen LogP contribution in [0.5, 0.6) is 17.2 Å². The maximum absolute atomic E-state index is 13.8. The minimum Gasteiger partial charge on any atom is -0.507 e. The van der Waals surface area contributed by atoms with E-state index in [1.165, 1.54) is 28.0 Å². The largest absolute Gasteiger partial charge is 0.507 e. The minimum atomic E-state index is -0.980. The van der Waals surface area contributed by atoms with E-state index in [-0.39, 0.29) is 22.6 Å².